The van der Waals surface area contributed by atoms with Crippen molar-refractivity contribution < 1.29 is 45.9 Å². The average molecular weight is 404 g/mol. The van der Waals surface area contributed by atoms with Crippen LogP contribution in [0, 0.1) is 31.2 Å². The largest absolute Gasteiger partial charge is 0.508 e. The third-order valence-electron chi connectivity index (χ3n) is 2.41. The second kappa shape index (κ2) is 11.5. The zero-order valence-electron chi connectivity index (χ0n) is 14.7. The van der Waals surface area contributed by atoms with Gasteiger partial charge in [0, 0.05) is 39.1 Å². The van der Waals surface area contributed by atoms with Gasteiger partial charge in [0.05, 0.1) is 10.5 Å². The maximum atomic E-state index is 11.6. The maximum Gasteiger partial charge on any atom is 0.190 e. The molecule has 0 rings (SSSR count). The van der Waals surface area contributed by atoms with Crippen molar-refractivity contribution in [2.24, 2.45) is 5.41 Å². The molecule has 0 fully saturated rings. The van der Waals surface area contributed by atoms with E-state index in [0.29, 0.717) is 6.42 Å². The van der Waals surface area contributed by atoms with Crippen molar-refractivity contribution in [3.05, 3.63) is 14.0 Å². The number of hydrogen-bond acceptors (Lipinski definition) is 3. The van der Waals surface area contributed by atoms with Crippen LogP contribution in [0.4, 0.5) is 0 Å². The molecule has 0 aromatic rings. The number of rotatable bonds is 4. The van der Waals surface area contributed by atoms with Crippen LogP contribution < -0.4 is 5.32 Å². The molecular formula is C16H29NO3SY-2. The molecule has 0 unspecified atom stereocenters. The molecule has 0 aromatic heterocycles. The van der Waals surface area contributed by atoms with Gasteiger partial charge in [-0.1, -0.05) is 26.2 Å². The van der Waals surface area contributed by atoms with E-state index in [0.717, 1.165) is 0 Å². The topological polar surface area (TPSA) is 63.2 Å². The van der Waals surface area contributed by atoms with Gasteiger partial charge in [-0.25, -0.2) is 8.42 Å². The average Bonchev–Trinajstić information content (AvgIpc) is 2.26. The standard InChI is InChI=1S/C9H18NO3S.C7H11.Y/c1-9(2,3)14(12,13)7-5-6-8(11)10-4;1-5-6-7(2,3)4;/h4-7H2,1-3H3,(H,10,11);1H2,2-4H3;/q2*-1;. The van der Waals surface area contributed by atoms with Gasteiger partial charge in [0.15, 0.2) is 15.7 Å². The molecule has 1 amide bonds. The fraction of sp³-hybridized carbons (Fsp3) is 0.688. The molecule has 0 aliphatic rings. The summed E-state index contributed by atoms with van der Waals surface area (Å²) in [7, 11) is 0.0984. The third-order valence-corrected chi connectivity index (χ3v) is 5.10. The maximum absolute atomic E-state index is 11.6. The van der Waals surface area contributed by atoms with Gasteiger partial charge in [-0.15, -0.1) is 0 Å². The van der Waals surface area contributed by atoms with Gasteiger partial charge in [-0.2, -0.15) is 6.92 Å². The third kappa shape index (κ3) is 14.9. The molecule has 1 radical (unpaired) electrons. The van der Waals surface area contributed by atoms with Crippen LogP contribution >= 0.6 is 0 Å². The zero-order chi connectivity index (χ0) is 17.3. The van der Waals surface area contributed by atoms with Crippen LogP contribution in [0.5, 0.6) is 0 Å². The molecule has 6 heteroatoms. The first-order chi connectivity index (χ1) is 9.27. The predicted molar refractivity (Wildman–Crippen MR) is 88.9 cm³/mol. The molecule has 0 saturated heterocycles. The summed E-state index contributed by atoms with van der Waals surface area (Å²) in [4.78, 5) is 10.8. The summed E-state index contributed by atoms with van der Waals surface area (Å²) in [6.45, 7) is 14.6. The molecule has 0 heterocycles. The van der Waals surface area contributed by atoms with Gasteiger partial charge >= 0.3 is 0 Å². The van der Waals surface area contributed by atoms with Crippen LogP contribution in [0.1, 0.15) is 54.4 Å². The quantitative estimate of drug-likeness (QED) is 0.579. The van der Waals surface area contributed by atoms with Crippen LogP contribution in [-0.4, -0.2) is 24.8 Å². The van der Waals surface area contributed by atoms with Crippen molar-refractivity contribution in [3.63, 3.8) is 0 Å². The van der Waals surface area contributed by atoms with Gasteiger partial charge in [0.25, 0.3) is 0 Å². The van der Waals surface area contributed by atoms with Crippen molar-refractivity contribution >= 4 is 15.7 Å². The Morgan fingerprint density at radius 2 is 1.59 bits per heavy atom. The normalized spacial score (nSPS) is 11.0. The van der Waals surface area contributed by atoms with E-state index in [1.165, 1.54) is 0 Å². The van der Waals surface area contributed by atoms with Crippen molar-refractivity contribution in [1.29, 1.82) is 0 Å². The van der Waals surface area contributed by atoms with Crippen LogP contribution in [0.25, 0.3) is 0 Å². The Bertz CT molecular complexity index is 474. The molecule has 4 nitrogen and oxygen atoms in total. The predicted octanol–water partition coefficient (Wildman–Crippen LogP) is 2.76. The number of carbonyl (C=O) groups is 1. The van der Waals surface area contributed by atoms with E-state index >= 15 is 0 Å². The summed E-state index contributed by atoms with van der Waals surface area (Å²) in [5.74, 6) is 5.35. The first-order valence-corrected chi connectivity index (χ1v) is 8.49. The summed E-state index contributed by atoms with van der Waals surface area (Å²) >= 11 is 0. The van der Waals surface area contributed by atoms with Crippen LogP contribution in [-0.2, 0) is 47.3 Å². The first kappa shape index (κ1) is 26.8. The Hall–Kier alpha value is -0.0461. The van der Waals surface area contributed by atoms with E-state index in [-0.39, 0.29) is 56.2 Å². The second-order valence-corrected chi connectivity index (χ2v) is 9.55. The molecule has 22 heavy (non-hydrogen) atoms. The summed E-state index contributed by atoms with van der Waals surface area (Å²) in [6.07, 6.45) is 0.555. The van der Waals surface area contributed by atoms with Crippen molar-refractivity contribution in [2.75, 3.05) is 5.75 Å². The minimum absolute atomic E-state index is 0. The summed E-state index contributed by atoms with van der Waals surface area (Å²) < 4.78 is 22.4. The molecule has 0 spiro atoms. The Labute approximate surface area is 162 Å². The van der Waals surface area contributed by atoms with E-state index in [9.17, 15) is 13.2 Å². The fourth-order valence-corrected chi connectivity index (χ4v) is 2.22. The Morgan fingerprint density at radius 1 is 1.14 bits per heavy atom. The van der Waals surface area contributed by atoms with Crippen molar-refractivity contribution in [2.45, 2.75) is 59.1 Å². The molecular weight excluding hydrogens is 375 g/mol. The molecule has 0 saturated carbocycles. The number of carbonyl (C=O) groups excluding carboxylic acids is 1. The monoisotopic (exact) mass is 404 g/mol. The van der Waals surface area contributed by atoms with E-state index in [2.05, 4.69) is 51.9 Å². The van der Waals surface area contributed by atoms with Gasteiger partial charge in [-0.3, -0.25) is 17.8 Å². The summed E-state index contributed by atoms with van der Waals surface area (Å²) in [5.41, 5.74) is 0.127. The van der Waals surface area contributed by atoms with Gasteiger partial charge in [0.1, 0.15) is 0 Å². The Morgan fingerprint density at radius 3 is 1.82 bits per heavy atom. The number of nitrogens with one attached hydrogen (secondary N) is 1. The van der Waals surface area contributed by atoms with E-state index in [1.807, 2.05) is 0 Å². The first-order valence-electron chi connectivity index (χ1n) is 6.84. The Kier molecular flexibility index (Phi) is 14.0. The molecule has 0 aromatic carbocycles. The molecule has 0 aliphatic carbocycles. The number of hydrogen-bond donors (Lipinski definition) is 1. The molecule has 1 N–H and O–H groups in total. The molecule has 127 valence electrons. The Balaban J connectivity index is -0.000000385. The minimum atomic E-state index is -3.10. The SMILES string of the molecule is [CH2-]C#CC(C)(C)C.[CH2-]NC(=O)CCCS(=O)(=O)C(C)(C)C.[Y]. The van der Waals surface area contributed by atoms with Crippen LogP contribution in [0.3, 0.4) is 0 Å². The van der Waals surface area contributed by atoms with E-state index in [4.69, 9.17) is 0 Å². The number of amides is 1. The molecule has 0 aliphatic heterocycles. The van der Waals surface area contributed by atoms with Crippen molar-refractivity contribution in [1.82, 2.24) is 5.32 Å². The fourth-order valence-electron chi connectivity index (χ4n) is 1.08. The summed E-state index contributed by atoms with van der Waals surface area (Å²) in [6, 6.07) is 0. The summed E-state index contributed by atoms with van der Waals surface area (Å²) in [5, 5.41) is 2.21. The van der Waals surface area contributed by atoms with Gasteiger partial charge in [-0.05, 0) is 27.2 Å². The molecule has 0 bridgehead atoms. The smallest absolute Gasteiger partial charge is 0.190 e. The second-order valence-electron chi connectivity index (χ2n) is 6.69. The molecule has 0 atom stereocenters. The van der Waals surface area contributed by atoms with Gasteiger partial charge in [0.2, 0.25) is 0 Å². The van der Waals surface area contributed by atoms with Gasteiger partial charge < -0.3 is 11.2 Å². The zero-order valence-corrected chi connectivity index (χ0v) is 18.4. The van der Waals surface area contributed by atoms with Crippen molar-refractivity contribution in [3.8, 4) is 11.8 Å². The number of sulfone groups is 1. The minimum Gasteiger partial charge on any atom is -0.508 e. The van der Waals surface area contributed by atoms with E-state index in [1.54, 1.807) is 20.8 Å². The van der Waals surface area contributed by atoms with Crippen LogP contribution in [0.2, 0.25) is 0 Å². The van der Waals surface area contributed by atoms with Crippen LogP contribution in [0.15, 0.2) is 0 Å². The van der Waals surface area contributed by atoms with E-state index < -0.39 is 14.6 Å².